The summed E-state index contributed by atoms with van der Waals surface area (Å²) in [6, 6.07) is -1.36. The van der Waals surface area contributed by atoms with Crippen LogP contribution in [0.25, 0.3) is 0 Å². The van der Waals surface area contributed by atoms with Gasteiger partial charge in [-0.25, -0.2) is 5.01 Å². The fourth-order valence-corrected chi connectivity index (χ4v) is 4.40. The zero-order valence-electron chi connectivity index (χ0n) is 17.0. The van der Waals surface area contributed by atoms with Crippen molar-refractivity contribution in [2.24, 2.45) is 0 Å². The van der Waals surface area contributed by atoms with Crippen LogP contribution in [0.2, 0.25) is 0 Å². The average molecular weight is 449 g/mol. The molecule has 1 aromatic heterocycles. The van der Waals surface area contributed by atoms with Crippen LogP contribution in [0.3, 0.4) is 0 Å². The van der Waals surface area contributed by atoms with Gasteiger partial charge in [-0.15, -0.1) is 0 Å². The molecule has 0 bridgehead atoms. The second-order valence-corrected chi connectivity index (χ2v) is 8.37. The van der Waals surface area contributed by atoms with Crippen LogP contribution in [0.5, 0.6) is 0 Å². The Bertz CT molecular complexity index is 886. The van der Waals surface area contributed by atoms with E-state index in [1.807, 2.05) is 0 Å². The summed E-state index contributed by atoms with van der Waals surface area (Å²) in [6.45, 7) is 1.59. The van der Waals surface area contributed by atoms with Crippen LogP contribution in [0.15, 0.2) is 16.8 Å². The molecule has 2 fully saturated rings. The monoisotopic (exact) mass is 448 g/mol. The Hall–Kier alpha value is -3.08. The summed E-state index contributed by atoms with van der Waals surface area (Å²) in [5.41, 5.74) is 0.413. The van der Waals surface area contributed by atoms with E-state index in [4.69, 9.17) is 0 Å². The standard InChI is InChI=1S/C20H24N4O6S/c1-12(26)9-14(10-25)21-19(29)16-3-2-7-23-17(27)5-4-15(20(30)24(16)23)22-18(28)13-6-8-31-11-13/h6,8,10-11,14-16H,2-5,7,9H2,1H3,(H,21,29)(H,22,28)/t14-,15-,16-/m0/s1. The largest absolute Gasteiger partial charge is 0.344 e. The lowest BCUT2D eigenvalue weighted by Gasteiger charge is -2.43. The fourth-order valence-electron chi connectivity index (χ4n) is 3.76. The van der Waals surface area contributed by atoms with E-state index in [0.717, 1.165) is 5.01 Å². The zero-order chi connectivity index (χ0) is 22.5. The minimum absolute atomic E-state index is 0.0481. The molecule has 3 heterocycles. The van der Waals surface area contributed by atoms with Crippen LogP contribution < -0.4 is 10.6 Å². The van der Waals surface area contributed by atoms with Gasteiger partial charge in [0.25, 0.3) is 11.8 Å². The number of aldehydes is 1. The number of carbonyl (C=O) groups is 6. The van der Waals surface area contributed by atoms with Gasteiger partial charge in [-0.2, -0.15) is 11.3 Å². The molecular formula is C20H24N4O6S. The topological polar surface area (TPSA) is 133 Å². The lowest BCUT2D eigenvalue weighted by molar-refractivity contribution is -0.176. The molecule has 0 saturated carbocycles. The summed E-state index contributed by atoms with van der Waals surface area (Å²) in [5, 5.41) is 10.9. The summed E-state index contributed by atoms with van der Waals surface area (Å²) in [5.74, 6) is -2.17. The highest BCUT2D eigenvalue weighted by Gasteiger charge is 2.44. The van der Waals surface area contributed by atoms with Crippen molar-refractivity contribution in [1.29, 1.82) is 0 Å². The summed E-state index contributed by atoms with van der Waals surface area (Å²) < 4.78 is 0. The molecule has 3 atom stereocenters. The van der Waals surface area contributed by atoms with Crippen molar-refractivity contribution >= 4 is 47.0 Å². The Morgan fingerprint density at radius 2 is 2.06 bits per heavy atom. The second kappa shape index (κ2) is 9.82. The summed E-state index contributed by atoms with van der Waals surface area (Å²) in [4.78, 5) is 73.8. The highest BCUT2D eigenvalue weighted by atomic mass is 32.1. The molecule has 4 amide bonds. The van der Waals surface area contributed by atoms with Gasteiger partial charge in [0, 0.05) is 24.8 Å². The van der Waals surface area contributed by atoms with Crippen molar-refractivity contribution in [1.82, 2.24) is 20.7 Å². The smallest absolute Gasteiger partial charge is 0.264 e. The van der Waals surface area contributed by atoms with Gasteiger partial charge in [0.2, 0.25) is 11.8 Å². The van der Waals surface area contributed by atoms with Crippen LogP contribution in [0, 0.1) is 0 Å². The van der Waals surface area contributed by atoms with E-state index in [-0.39, 0.29) is 43.9 Å². The molecule has 166 valence electrons. The average Bonchev–Trinajstić information content (AvgIpc) is 3.25. The van der Waals surface area contributed by atoms with Gasteiger partial charge in [-0.05, 0) is 37.6 Å². The number of amides is 4. The van der Waals surface area contributed by atoms with Crippen molar-refractivity contribution in [3.63, 3.8) is 0 Å². The molecule has 0 aromatic carbocycles. The first-order valence-corrected chi connectivity index (χ1v) is 11.0. The first-order chi connectivity index (χ1) is 14.8. The van der Waals surface area contributed by atoms with E-state index >= 15 is 0 Å². The molecule has 2 N–H and O–H groups in total. The van der Waals surface area contributed by atoms with Crippen LogP contribution in [0.1, 0.15) is 49.4 Å². The van der Waals surface area contributed by atoms with Gasteiger partial charge >= 0.3 is 0 Å². The molecule has 31 heavy (non-hydrogen) atoms. The van der Waals surface area contributed by atoms with Crippen molar-refractivity contribution in [3.8, 4) is 0 Å². The van der Waals surface area contributed by atoms with Crippen molar-refractivity contribution in [3.05, 3.63) is 22.4 Å². The normalized spacial score (nSPS) is 22.2. The lowest BCUT2D eigenvalue weighted by atomic mass is 10.0. The summed E-state index contributed by atoms with van der Waals surface area (Å²) in [7, 11) is 0. The van der Waals surface area contributed by atoms with Gasteiger partial charge < -0.3 is 15.4 Å². The summed E-state index contributed by atoms with van der Waals surface area (Å²) in [6.07, 6.45) is 1.27. The number of fused-ring (bicyclic) bond motifs is 1. The van der Waals surface area contributed by atoms with Gasteiger partial charge in [0.05, 0.1) is 11.6 Å². The van der Waals surface area contributed by atoms with E-state index < -0.39 is 35.8 Å². The molecule has 1 aromatic rings. The fraction of sp³-hybridized carbons (Fsp3) is 0.500. The number of rotatable bonds is 7. The predicted octanol–water partition coefficient (Wildman–Crippen LogP) is 0.0377. The molecule has 3 rings (SSSR count). The Balaban J connectivity index is 1.80. The second-order valence-electron chi connectivity index (χ2n) is 7.59. The molecule has 0 unspecified atom stereocenters. The maximum Gasteiger partial charge on any atom is 0.264 e. The molecule has 2 aliphatic heterocycles. The van der Waals surface area contributed by atoms with Crippen molar-refractivity contribution in [2.75, 3.05) is 6.54 Å². The number of Topliss-reactive ketones (excluding diaryl/α,β-unsaturated/α-hetero) is 1. The SMILES string of the molecule is CC(=O)C[C@@H](C=O)NC(=O)[C@@H]1CCCN2C(=O)CC[C@H](NC(=O)c3ccsc3)C(=O)N12. The highest BCUT2D eigenvalue weighted by molar-refractivity contribution is 7.08. The Labute approximate surface area is 182 Å². The molecule has 2 saturated heterocycles. The molecular weight excluding hydrogens is 424 g/mol. The number of ketones is 1. The Morgan fingerprint density at radius 3 is 2.71 bits per heavy atom. The van der Waals surface area contributed by atoms with E-state index in [1.54, 1.807) is 16.8 Å². The zero-order valence-corrected chi connectivity index (χ0v) is 17.9. The Morgan fingerprint density at radius 1 is 1.29 bits per heavy atom. The maximum absolute atomic E-state index is 13.3. The van der Waals surface area contributed by atoms with E-state index in [1.165, 1.54) is 23.3 Å². The Kier molecular flexibility index (Phi) is 7.16. The maximum atomic E-state index is 13.3. The van der Waals surface area contributed by atoms with Crippen LogP contribution in [0.4, 0.5) is 0 Å². The third-order valence-corrected chi connectivity index (χ3v) is 5.94. The van der Waals surface area contributed by atoms with Crippen LogP contribution >= 0.6 is 11.3 Å². The number of hydrogen-bond acceptors (Lipinski definition) is 7. The van der Waals surface area contributed by atoms with E-state index in [0.29, 0.717) is 18.3 Å². The number of nitrogens with zero attached hydrogens (tertiary/aromatic N) is 2. The first kappa shape index (κ1) is 22.6. The third kappa shape index (κ3) is 5.16. The minimum Gasteiger partial charge on any atom is -0.344 e. The van der Waals surface area contributed by atoms with Gasteiger partial charge in [-0.3, -0.25) is 29.0 Å². The van der Waals surface area contributed by atoms with Gasteiger partial charge in [0.15, 0.2) is 0 Å². The molecule has 10 nitrogen and oxygen atoms in total. The van der Waals surface area contributed by atoms with E-state index in [9.17, 15) is 28.8 Å². The molecule has 0 spiro atoms. The number of thiophene rings is 1. The van der Waals surface area contributed by atoms with Crippen molar-refractivity contribution in [2.45, 2.75) is 57.2 Å². The molecule has 0 radical (unpaired) electrons. The number of carbonyl (C=O) groups excluding carboxylic acids is 6. The summed E-state index contributed by atoms with van der Waals surface area (Å²) >= 11 is 1.35. The van der Waals surface area contributed by atoms with Gasteiger partial charge in [0.1, 0.15) is 24.2 Å². The van der Waals surface area contributed by atoms with Crippen molar-refractivity contribution < 1.29 is 28.8 Å². The number of nitrogens with one attached hydrogen (secondary N) is 2. The third-order valence-electron chi connectivity index (χ3n) is 5.25. The molecule has 0 aliphatic carbocycles. The molecule has 11 heteroatoms. The lowest BCUT2D eigenvalue weighted by Crippen LogP contribution is -2.64. The van der Waals surface area contributed by atoms with Gasteiger partial charge in [-0.1, -0.05) is 0 Å². The minimum atomic E-state index is -1.02. The quantitative estimate of drug-likeness (QED) is 0.566. The van der Waals surface area contributed by atoms with Crippen LogP contribution in [-0.4, -0.2) is 70.4 Å². The number of hydrogen-bond donors (Lipinski definition) is 2. The first-order valence-electron chi connectivity index (χ1n) is 10.0. The highest BCUT2D eigenvalue weighted by Crippen LogP contribution is 2.25. The predicted molar refractivity (Wildman–Crippen MR) is 110 cm³/mol. The van der Waals surface area contributed by atoms with E-state index in [2.05, 4.69) is 10.6 Å². The van der Waals surface area contributed by atoms with Crippen LogP contribution in [-0.2, 0) is 24.0 Å². The molecule has 2 aliphatic rings. The number of hydrazine groups is 1.